The van der Waals surface area contributed by atoms with Crippen LogP contribution in [0.3, 0.4) is 0 Å². The molecular formula is C9H19N3O2. The fraction of sp³-hybridized carbons (Fsp3) is 0.778. The number of carbonyl (C=O) groups excluding carboxylic acids is 2. The standard InChI is InChI=1S/C9H19N3O2/c10-6-2-1-5-9(14)12-7-3-4-8(11)13/h1-7,10H2,(H2,11,13)(H,12,14). The van der Waals surface area contributed by atoms with Crippen molar-refractivity contribution in [2.75, 3.05) is 13.1 Å². The molecular weight excluding hydrogens is 182 g/mol. The maximum Gasteiger partial charge on any atom is 0.219 e. The average molecular weight is 201 g/mol. The highest BCUT2D eigenvalue weighted by atomic mass is 16.2. The van der Waals surface area contributed by atoms with Gasteiger partial charge in [0.1, 0.15) is 0 Å². The van der Waals surface area contributed by atoms with E-state index in [1.165, 1.54) is 0 Å². The van der Waals surface area contributed by atoms with Gasteiger partial charge in [-0.05, 0) is 25.8 Å². The SMILES string of the molecule is NCCCCC(=O)NCCCC(N)=O. The van der Waals surface area contributed by atoms with Crippen molar-refractivity contribution in [3.05, 3.63) is 0 Å². The first-order valence-electron chi connectivity index (χ1n) is 4.92. The number of rotatable bonds is 8. The molecule has 5 N–H and O–H groups in total. The third-order valence-electron chi connectivity index (χ3n) is 1.78. The van der Waals surface area contributed by atoms with Crippen LogP contribution in [-0.2, 0) is 9.59 Å². The van der Waals surface area contributed by atoms with Crippen molar-refractivity contribution in [2.45, 2.75) is 32.1 Å². The fourth-order valence-corrected chi connectivity index (χ4v) is 1.01. The van der Waals surface area contributed by atoms with E-state index in [9.17, 15) is 9.59 Å². The molecule has 0 spiro atoms. The van der Waals surface area contributed by atoms with Crippen molar-refractivity contribution in [1.82, 2.24) is 5.32 Å². The van der Waals surface area contributed by atoms with E-state index in [0.29, 0.717) is 32.4 Å². The zero-order chi connectivity index (χ0) is 10.8. The van der Waals surface area contributed by atoms with E-state index in [0.717, 1.165) is 12.8 Å². The van der Waals surface area contributed by atoms with Crippen LogP contribution in [-0.4, -0.2) is 24.9 Å². The Kier molecular flexibility index (Phi) is 7.83. The summed E-state index contributed by atoms with van der Waals surface area (Å²) in [7, 11) is 0. The Morgan fingerprint density at radius 1 is 1.07 bits per heavy atom. The van der Waals surface area contributed by atoms with Gasteiger partial charge in [0.15, 0.2) is 0 Å². The van der Waals surface area contributed by atoms with Crippen molar-refractivity contribution in [3.8, 4) is 0 Å². The summed E-state index contributed by atoms with van der Waals surface area (Å²) in [6.07, 6.45) is 3.13. The Bertz CT molecular complexity index is 183. The molecule has 0 aromatic heterocycles. The second-order valence-corrected chi connectivity index (χ2v) is 3.17. The van der Waals surface area contributed by atoms with Gasteiger partial charge in [-0.15, -0.1) is 0 Å². The molecule has 0 aromatic rings. The monoisotopic (exact) mass is 201 g/mol. The number of hydrogen-bond acceptors (Lipinski definition) is 3. The summed E-state index contributed by atoms with van der Waals surface area (Å²) < 4.78 is 0. The Labute approximate surface area is 84.2 Å². The first-order chi connectivity index (χ1) is 6.66. The van der Waals surface area contributed by atoms with E-state index >= 15 is 0 Å². The molecule has 0 saturated heterocycles. The van der Waals surface area contributed by atoms with Gasteiger partial charge < -0.3 is 16.8 Å². The van der Waals surface area contributed by atoms with Gasteiger partial charge in [0, 0.05) is 19.4 Å². The van der Waals surface area contributed by atoms with Crippen molar-refractivity contribution < 1.29 is 9.59 Å². The number of nitrogens with two attached hydrogens (primary N) is 2. The Morgan fingerprint density at radius 3 is 2.36 bits per heavy atom. The molecule has 0 radical (unpaired) electrons. The van der Waals surface area contributed by atoms with E-state index < -0.39 is 0 Å². The first-order valence-corrected chi connectivity index (χ1v) is 4.92. The maximum absolute atomic E-state index is 11.1. The molecule has 0 aliphatic heterocycles. The third-order valence-corrected chi connectivity index (χ3v) is 1.78. The van der Waals surface area contributed by atoms with Crippen molar-refractivity contribution in [3.63, 3.8) is 0 Å². The van der Waals surface area contributed by atoms with Crippen LogP contribution in [0.15, 0.2) is 0 Å². The van der Waals surface area contributed by atoms with E-state index in [4.69, 9.17) is 11.5 Å². The van der Waals surface area contributed by atoms with Crippen LogP contribution < -0.4 is 16.8 Å². The molecule has 82 valence electrons. The molecule has 0 rings (SSSR count). The van der Waals surface area contributed by atoms with Gasteiger partial charge in [-0.3, -0.25) is 9.59 Å². The van der Waals surface area contributed by atoms with Crippen molar-refractivity contribution in [1.29, 1.82) is 0 Å². The number of hydrogen-bond donors (Lipinski definition) is 3. The van der Waals surface area contributed by atoms with Crippen LogP contribution >= 0.6 is 0 Å². The van der Waals surface area contributed by atoms with Crippen LogP contribution in [0.25, 0.3) is 0 Å². The summed E-state index contributed by atoms with van der Waals surface area (Å²) in [6, 6.07) is 0. The first kappa shape index (κ1) is 12.9. The van der Waals surface area contributed by atoms with Gasteiger partial charge >= 0.3 is 0 Å². The topological polar surface area (TPSA) is 98.2 Å². The lowest BCUT2D eigenvalue weighted by atomic mass is 10.2. The summed E-state index contributed by atoms with van der Waals surface area (Å²) in [5.74, 6) is -0.315. The maximum atomic E-state index is 11.1. The van der Waals surface area contributed by atoms with Gasteiger partial charge in [-0.2, -0.15) is 0 Å². The molecule has 0 heterocycles. The summed E-state index contributed by atoms with van der Waals surface area (Å²) in [4.78, 5) is 21.4. The normalized spacial score (nSPS) is 9.79. The minimum atomic E-state index is -0.331. The smallest absolute Gasteiger partial charge is 0.219 e. The molecule has 0 fully saturated rings. The van der Waals surface area contributed by atoms with Gasteiger partial charge in [0.2, 0.25) is 11.8 Å². The largest absolute Gasteiger partial charge is 0.370 e. The summed E-state index contributed by atoms with van der Waals surface area (Å²) in [6.45, 7) is 1.14. The van der Waals surface area contributed by atoms with Gasteiger partial charge in [-0.25, -0.2) is 0 Å². The number of unbranched alkanes of at least 4 members (excludes halogenated alkanes) is 1. The lowest BCUT2D eigenvalue weighted by Gasteiger charge is -2.03. The molecule has 0 aliphatic carbocycles. The number of nitrogens with one attached hydrogen (secondary N) is 1. The molecule has 0 saturated carbocycles. The van der Waals surface area contributed by atoms with Crippen molar-refractivity contribution in [2.24, 2.45) is 11.5 Å². The molecule has 14 heavy (non-hydrogen) atoms. The fourth-order valence-electron chi connectivity index (χ4n) is 1.01. The molecule has 0 aliphatic rings. The summed E-state index contributed by atoms with van der Waals surface area (Å²) in [5.41, 5.74) is 10.2. The zero-order valence-electron chi connectivity index (χ0n) is 8.42. The number of amides is 2. The Hall–Kier alpha value is -1.10. The highest BCUT2D eigenvalue weighted by molar-refractivity contribution is 5.76. The van der Waals surface area contributed by atoms with Crippen LogP contribution in [0.5, 0.6) is 0 Å². The molecule has 0 unspecified atom stereocenters. The highest BCUT2D eigenvalue weighted by Crippen LogP contribution is 1.93. The van der Waals surface area contributed by atoms with Gasteiger partial charge in [-0.1, -0.05) is 0 Å². The number of carbonyl (C=O) groups is 2. The van der Waals surface area contributed by atoms with E-state index in [-0.39, 0.29) is 11.8 Å². The molecule has 5 nitrogen and oxygen atoms in total. The Balaban J connectivity index is 3.22. The van der Waals surface area contributed by atoms with E-state index in [1.54, 1.807) is 0 Å². The van der Waals surface area contributed by atoms with Crippen LogP contribution in [0.2, 0.25) is 0 Å². The number of primary amides is 1. The summed E-state index contributed by atoms with van der Waals surface area (Å²) in [5, 5.41) is 2.71. The van der Waals surface area contributed by atoms with E-state index in [1.807, 2.05) is 0 Å². The predicted molar refractivity (Wildman–Crippen MR) is 54.3 cm³/mol. The summed E-state index contributed by atoms with van der Waals surface area (Å²) >= 11 is 0. The van der Waals surface area contributed by atoms with E-state index in [2.05, 4.69) is 5.32 Å². The average Bonchev–Trinajstić information content (AvgIpc) is 2.13. The lowest BCUT2D eigenvalue weighted by Crippen LogP contribution is -2.25. The van der Waals surface area contributed by atoms with Crippen LogP contribution in [0.1, 0.15) is 32.1 Å². The minimum Gasteiger partial charge on any atom is -0.370 e. The van der Waals surface area contributed by atoms with Crippen LogP contribution in [0, 0.1) is 0 Å². The molecule has 0 aromatic carbocycles. The molecule has 2 amide bonds. The second kappa shape index (κ2) is 8.50. The van der Waals surface area contributed by atoms with Crippen LogP contribution in [0.4, 0.5) is 0 Å². The molecule has 0 bridgehead atoms. The zero-order valence-corrected chi connectivity index (χ0v) is 8.42. The van der Waals surface area contributed by atoms with Crippen molar-refractivity contribution >= 4 is 11.8 Å². The molecule has 5 heteroatoms. The third kappa shape index (κ3) is 8.99. The highest BCUT2D eigenvalue weighted by Gasteiger charge is 2.00. The predicted octanol–water partition coefficient (Wildman–Crippen LogP) is -0.503. The second-order valence-electron chi connectivity index (χ2n) is 3.17. The Morgan fingerprint density at radius 2 is 1.79 bits per heavy atom. The van der Waals surface area contributed by atoms with Gasteiger partial charge in [0.25, 0.3) is 0 Å². The quantitative estimate of drug-likeness (QED) is 0.461. The van der Waals surface area contributed by atoms with Gasteiger partial charge in [0.05, 0.1) is 0 Å². The molecule has 0 atom stereocenters. The minimum absolute atomic E-state index is 0.0166. The lowest BCUT2D eigenvalue weighted by molar-refractivity contribution is -0.122.